The van der Waals surface area contributed by atoms with Gasteiger partial charge in [0.1, 0.15) is 0 Å². The molecule has 2 aliphatic heterocycles. The largest absolute Gasteiger partial charge is 0.396 e. The van der Waals surface area contributed by atoms with Crippen LogP contribution in [0.2, 0.25) is 0 Å². The van der Waals surface area contributed by atoms with Crippen LogP contribution in [0.25, 0.3) is 44.1 Å². The van der Waals surface area contributed by atoms with Crippen molar-refractivity contribution in [3.63, 3.8) is 0 Å². The highest BCUT2D eigenvalue weighted by Crippen LogP contribution is 2.43. The van der Waals surface area contributed by atoms with Crippen LogP contribution in [0, 0.1) is 13.8 Å². The maximum atomic E-state index is 14.4. The molecule has 372 valence electrons. The standard InChI is InChI=1S/C59H58N6O8/c1-28(2)39-15-35(37(24-66)25-67)11-12-54(39)64-56(70)42-20-50-52(21-43(42)57(64)71)62-48-18-33(31(7)13-46(48)60-50)9-10-34-19-49-47(14-32(34)8)61-51-22-44-45(23-53(51)63-49)59(73)65(58(44)72)55-40(29(3)4)16-36(38(26-68)27-69)17-41(55)30(5)6/h11-23,28-30,37-38,66-69H,9-10,24-27H2,1-8H3. The molecule has 2 aromatic heterocycles. The first-order chi connectivity index (χ1) is 34.9. The number of aliphatic hydroxyl groups is 4. The van der Waals surface area contributed by atoms with Crippen molar-refractivity contribution in [1.29, 1.82) is 0 Å². The maximum absolute atomic E-state index is 14.4. The summed E-state index contributed by atoms with van der Waals surface area (Å²) in [6.07, 6.45) is 1.35. The third-order valence-corrected chi connectivity index (χ3v) is 14.9. The van der Waals surface area contributed by atoms with Gasteiger partial charge in [-0.1, -0.05) is 65.8 Å². The SMILES string of the molecule is Cc1cc2nc3cc4c(cc3nc2cc1CCc1cc2nc3cc5c(cc3nc2cc1C)C(=O)N(c1c(C(C)C)cc(C(CO)CO)cc1C(C)C)C5=O)C(=O)N(c1ccc(C(CO)CO)cc1C(C)C)C4=O. The van der Waals surface area contributed by atoms with E-state index < -0.39 is 35.5 Å². The van der Waals surface area contributed by atoms with Crippen LogP contribution in [0.3, 0.4) is 0 Å². The fourth-order valence-electron chi connectivity index (χ4n) is 10.6. The van der Waals surface area contributed by atoms with E-state index in [1.165, 1.54) is 9.80 Å². The Labute approximate surface area is 422 Å². The van der Waals surface area contributed by atoms with Crippen LogP contribution in [0.5, 0.6) is 0 Å². The van der Waals surface area contributed by atoms with Crippen LogP contribution >= 0.6 is 0 Å². The number of aromatic nitrogens is 4. The van der Waals surface area contributed by atoms with Gasteiger partial charge in [-0.2, -0.15) is 0 Å². The van der Waals surface area contributed by atoms with Crippen LogP contribution in [0.15, 0.2) is 78.9 Å². The summed E-state index contributed by atoms with van der Waals surface area (Å²) in [5.74, 6) is -2.97. The average molecular weight is 979 g/mol. The minimum Gasteiger partial charge on any atom is -0.396 e. The number of anilines is 2. The zero-order chi connectivity index (χ0) is 51.9. The summed E-state index contributed by atoms with van der Waals surface area (Å²) in [5.41, 5.74) is 14.6. The summed E-state index contributed by atoms with van der Waals surface area (Å²) in [7, 11) is 0. The second kappa shape index (κ2) is 18.9. The minimum atomic E-state index is -0.496. The van der Waals surface area contributed by atoms with Gasteiger partial charge in [0.2, 0.25) is 0 Å². The Kier molecular flexibility index (Phi) is 12.8. The molecule has 73 heavy (non-hydrogen) atoms. The van der Waals surface area contributed by atoms with Gasteiger partial charge in [-0.3, -0.25) is 19.2 Å². The molecule has 0 aliphatic carbocycles. The Bertz CT molecular complexity index is 3620. The number of hydrogen-bond acceptors (Lipinski definition) is 12. The van der Waals surface area contributed by atoms with Gasteiger partial charge in [-0.25, -0.2) is 29.7 Å². The Balaban J connectivity index is 0.931. The van der Waals surface area contributed by atoms with Gasteiger partial charge in [-0.15, -0.1) is 0 Å². The number of nitrogens with zero attached hydrogens (tertiary/aromatic N) is 6. The molecule has 2 aliphatic rings. The molecule has 10 rings (SSSR count). The number of benzene rings is 6. The molecule has 4 N–H and O–H groups in total. The molecule has 0 saturated carbocycles. The van der Waals surface area contributed by atoms with Crippen molar-refractivity contribution in [2.24, 2.45) is 0 Å². The Morgan fingerprint density at radius 2 is 0.740 bits per heavy atom. The molecule has 0 unspecified atom stereocenters. The van der Waals surface area contributed by atoms with Crippen molar-refractivity contribution in [3.05, 3.63) is 151 Å². The van der Waals surface area contributed by atoms with Gasteiger partial charge in [-0.05, 0) is 149 Å². The molecule has 8 aromatic rings. The van der Waals surface area contributed by atoms with Crippen LogP contribution in [0.4, 0.5) is 11.4 Å². The van der Waals surface area contributed by atoms with Crippen LogP contribution in [-0.2, 0) is 12.8 Å². The molecule has 0 radical (unpaired) electrons. The summed E-state index contributed by atoms with van der Waals surface area (Å²) in [5, 5.41) is 39.7. The second-order valence-electron chi connectivity index (χ2n) is 20.6. The lowest BCUT2D eigenvalue weighted by molar-refractivity contribution is 0.0910. The second-order valence-corrected chi connectivity index (χ2v) is 20.6. The average Bonchev–Trinajstić information content (AvgIpc) is 3.74. The van der Waals surface area contributed by atoms with Crippen molar-refractivity contribution >= 4 is 79.1 Å². The highest BCUT2D eigenvalue weighted by molar-refractivity contribution is 6.36. The van der Waals surface area contributed by atoms with E-state index in [4.69, 9.17) is 19.9 Å². The number of fused-ring (bicyclic) bond motifs is 6. The first-order valence-electron chi connectivity index (χ1n) is 25.0. The van der Waals surface area contributed by atoms with E-state index >= 15 is 0 Å². The smallest absolute Gasteiger partial charge is 0.266 e. The molecule has 14 heteroatoms. The van der Waals surface area contributed by atoms with E-state index in [1.54, 1.807) is 36.4 Å². The molecular formula is C59H58N6O8. The van der Waals surface area contributed by atoms with E-state index in [-0.39, 0.29) is 66.4 Å². The van der Waals surface area contributed by atoms with E-state index in [0.717, 1.165) is 50.1 Å². The molecule has 4 amide bonds. The van der Waals surface area contributed by atoms with Gasteiger partial charge in [0.25, 0.3) is 23.6 Å². The van der Waals surface area contributed by atoms with E-state index in [0.29, 0.717) is 68.4 Å². The topological polar surface area (TPSA) is 207 Å². The van der Waals surface area contributed by atoms with Crippen molar-refractivity contribution in [1.82, 2.24) is 19.9 Å². The molecule has 0 atom stereocenters. The Morgan fingerprint density at radius 1 is 0.411 bits per heavy atom. The normalized spacial score (nSPS) is 13.9. The number of imide groups is 2. The molecule has 0 bridgehead atoms. The third kappa shape index (κ3) is 8.32. The summed E-state index contributed by atoms with van der Waals surface area (Å²) < 4.78 is 0. The zero-order valence-electron chi connectivity index (χ0n) is 42.2. The molecule has 0 spiro atoms. The number of hydrogen-bond donors (Lipinski definition) is 4. The summed E-state index contributed by atoms with van der Waals surface area (Å²) in [6, 6.07) is 23.8. The molecular weight excluding hydrogens is 921 g/mol. The van der Waals surface area contributed by atoms with Crippen molar-refractivity contribution in [2.45, 2.75) is 97.8 Å². The van der Waals surface area contributed by atoms with Crippen LogP contribution in [0.1, 0.15) is 163 Å². The van der Waals surface area contributed by atoms with Crippen molar-refractivity contribution < 1.29 is 39.6 Å². The highest BCUT2D eigenvalue weighted by atomic mass is 16.3. The van der Waals surface area contributed by atoms with Gasteiger partial charge >= 0.3 is 0 Å². The first-order valence-corrected chi connectivity index (χ1v) is 25.0. The number of carbonyl (C=O) groups is 4. The predicted molar refractivity (Wildman–Crippen MR) is 282 cm³/mol. The highest BCUT2D eigenvalue weighted by Gasteiger charge is 2.41. The molecule has 6 aromatic carbocycles. The fourth-order valence-corrected chi connectivity index (χ4v) is 10.6. The predicted octanol–water partition coefficient (Wildman–Crippen LogP) is 9.39. The summed E-state index contributed by atoms with van der Waals surface area (Å²) in [4.78, 5) is 79.2. The van der Waals surface area contributed by atoms with E-state index in [9.17, 15) is 39.6 Å². The van der Waals surface area contributed by atoms with Crippen LogP contribution in [-0.4, -0.2) is 90.4 Å². The van der Waals surface area contributed by atoms with Gasteiger partial charge in [0.15, 0.2) is 0 Å². The van der Waals surface area contributed by atoms with Gasteiger partial charge in [0.05, 0.1) is 104 Å². The van der Waals surface area contributed by atoms with Gasteiger partial charge in [0, 0.05) is 11.8 Å². The van der Waals surface area contributed by atoms with E-state index in [2.05, 4.69) is 0 Å². The van der Waals surface area contributed by atoms with Gasteiger partial charge < -0.3 is 20.4 Å². The first kappa shape index (κ1) is 49.2. The number of amides is 4. The van der Waals surface area contributed by atoms with Crippen LogP contribution < -0.4 is 9.80 Å². The maximum Gasteiger partial charge on any atom is 0.266 e. The number of aliphatic hydroxyl groups excluding tert-OH is 4. The van der Waals surface area contributed by atoms with E-state index in [1.807, 2.05) is 97.9 Å². The fraction of sp³-hybridized carbons (Fsp3) is 0.322. The molecule has 0 saturated heterocycles. The number of aryl methyl sites for hydroxylation is 4. The van der Waals surface area contributed by atoms with Crippen molar-refractivity contribution in [2.75, 3.05) is 36.2 Å². The number of rotatable bonds is 14. The summed E-state index contributed by atoms with van der Waals surface area (Å²) in [6.45, 7) is 15.0. The number of carbonyl (C=O) groups excluding carboxylic acids is 4. The monoisotopic (exact) mass is 978 g/mol. The summed E-state index contributed by atoms with van der Waals surface area (Å²) >= 11 is 0. The Hall–Kier alpha value is -7.36. The lowest BCUT2D eigenvalue weighted by Crippen LogP contribution is -2.32. The third-order valence-electron chi connectivity index (χ3n) is 14.9. The Morgan fingerprint density at radius 3 is 1.11 bits per heavy atom. The quantitative estimate of drug-likeness (QED) is 0.0594. The lowest BCUT2D eigenvalue weighted by atomic mass is 9.86. The minimum absolute atomic E-state index is 0.0618. The van der Waals surface area contributed by atoms with Crippen molar-refractivity contribution in [3.8, 4) is 0 Å². The lowest BCUT2D eigenvalue weighted by Gasteiger charge is -2.28. The molecule has 4 heterocycles. The molecule has 14 nitrogen and oxygen atoms in total. The zero-order valence-corrected chi connectivity index (χ0v) is 42.2. The molecule has 0 fully saturated rings.